The van der Waals surface area contributed by atoms with Crippen molar-refractivity contribution in [1.29, 1.82) is 0 Å². The van der Waals surface area contributed by atoms with Crippen molar-refractivity contribution in [3.63, 3.8) is 0 Å². The molecule has 102 valence electrons. The van der Waals surface area contributed by atoms with Crippen molar-refractivity contribution in [3.8, 4) is 5.95 Å². The molecule has 0 unspecified atom stereocenters. The van der Waals surface area contributed by atoms with Gasteiger partial charge in [0.15, 0.2) is 0 Å². The van der Waals surface area contributed by atoms with E-state index in [0.29, 0.717) is 18.4 Å². The van der Waals surface area contributed by atoms with Gasteiger partial charge in [-0.1, -0.05) is 0 Å². The van der Waals surface area contributed by atoms with Gasteiger partial charge >= 0.3 is 0 Å². The summed E-state index contributed by atoms with van der Waals surface area (Å²) in [6, 6.07) is 1.78. The fraction of sp³-hybridized carbons (Fsp3) is 0.182. The summed E-state index contributed by atoms with van der Waals surface area (Å²) in [4.78, 5) is 16.5. The van der Waals surface area contributed by atoms with Gasteiger partial charge in [0.2, 0.25) is 11.2 Å². The first-order chi connectivity index (χ1) is 9.72. The highest BCUT2D eigenvalue weighted by atomic mass is 35.5. The molecular formula is C11H11ClN8. The summed E-state index contributed by atoms with van der Waals surface area (Å²) < 4.78 is 3.42. The average molecular weight is 291 g/mol. The molecule has 8 nitrogen and oxygen atoms in total. The van der Waals surface area contributed by atoms with Crippen LogP contribution >= 0.6 is 11.6 Å². The monoisotopic (exact) mass is 290 g/mol. The third kappa shape index (κ3) is 2.59. The zero-order valence-corrected chi connectivity index (χ0v) is 11.4. The van der Waals surface area contributed by atoms with E-state index in [9.17, 15) is 0 Å². The molecule has 20 heavy (non-hydrogen) atoms. The molecule has 0 radical (unpaired) electrons. The molecule has 0 saturated heterocycles. The lowest BCUT2D eigenvalue weighted by atomic mass is 10.6. The summed E-state index contributed by atoms with van der Waals surface area (Å²) in [6.45, 7) is 0.488. The molecule has 1 N–H and O–H groups in total. The molecule has 0 saturated carbocycles. The molecule has 0 amide bonds. The third-order valence-electron chi connectivity index (χ3n) is 2.63. The van der Waals surface area contributed by atoms with E-state index in [2.05, 4.69) is 30.4 Å². The molecule has 3 aromatic rings. The van der Waals surface area contributed by atoms with Gasteiger partial charge in [-0.2, -0.15) is 20.1 Å². The van der Waals surface area contributed by atoms with E-state index in [1.807, 2.05) is 17.8 Å². The van der Waals surface area contributed by atoms with Crippen LogP contribution in [0.4, 0.5) is 5.95 Å². The summed E-state index contributed by atoms with van der Waals surface area (Å²) in [5.74, 6) is 1.60. The fourth-order valence-corrected chi connectivity index (χ4v) is 1.79. The van der Waals surface area contributed by atoms with Gasteiger partial charge in [0, 0.05) is 31.8 Å². The molecule has 0 aliphatic carbocycles. The number of anilines is 1. The first-order valence-corrected chi connectivity index (χ1v) is 6.22. The van der Waals surface area contributed by atoms with Crippen LogP contribution < -0.4 is 5.32 Å². The second-order valence-electron chi connectivity index (χ2n) is 3.99. The SMILES string of the molecule is Cn1ccnc1CNc1nc(Cl)nc(-n2cccn2)n1. The normalized spacial score (nSPS) is 10.7. The standard InChI is InChI=1S/C11H11ClN8/c1-19-6-4-13-8(19)7-14-10-16-9(12)17-11(18-10)20-5-2-3-15-20/h2-6H,7H2,1H3,(H,14,16,17,18). The Kier molecular flexibility index (Phi) is 3.30. The average Bonchev–Trinajstić information content (AvgIpc) is 3.07. The van der Waals surface area contributed by atoms with E-state index in [1.54, 1.807) is 24.7 Å². The van der Waals surface area contributed by atoms with Crippen molar-refractivity contribution in [2.24, 2.45) is 7.05 Å². The van der Waals surface area contributed by atoms with Crippen molar-refractivity contribution in [2.75, 3.05) is 5.32 Å². The fourth-order valence-electron chi connectivity index (χ4n) is 1.63. The summed E-state index contributed by atoms with van der Waals surface area (Å²) >= 11 is 5.89. The first-order valence-electron chi connectivity index (χ1n) is 5.84. The van der Waals surface area contributed by atoms with E-state index in [0.717, 1.165) is 5.82 Å². The summed E-state index contributed by atoms with van der Waals surface area (Å²) in [6.07, 6.45) is 6.96. The van der Waals surface area contributed by atoms with Crippen molar-refractivity contribution in [1.82, 2.24) is 34.3 Å². The number of hydrogen-bond donors (Lipinski definition) is 1. The molecule has 0 aliphatic rings. The lowest BCUT2D eigenvalue weighted by molar-refractivity contribution is 0.782. The number of rotatable bonds is 4. The number of imidazole rings is 1. The largest absolute Gasteiger partial charge is 0.347 e. The number of halogens is 1. The maximum absolute atomic E-state index is 5.89. The van der Waals surface area contributed by atoms with Crippen LogP contribution in [0.2, 0.25) is 5.28 Å². The lowest BCUT2D eigenvalue weighted by Gasteiger charge is -2.06. The Morgan fingerprint density at radius 1 is 1.20 bits per heavy atom. The molecule has 9 heteroatoms. The van der Waals surface area contributed by atoms with Gasteiger partial charge in [0.25, 0.3) is 5.95 Å². The Balaban J connectivity index is 1.81. The maximum atomic E-state index is 5.89. The molecule has 0 atom stereocenters. The summed E-state index contributed by atoms with van der Waals surface area (Å²) in [7, 11) is 1.92. The van der Waals surface area contributed by atoms with Gasteiger partial charge in [-0.05, 0) is 17.7 Å². The zero-order chi connectivity index (χ0) is 13.9. The van der Waals surface area contributed by atoms with E-state index < -0.39 is 0 Å². The number of nitrogens with zero attached hydrogens (tertiary/aromatic N) is 7. The Labute approximate surface area is 119 Å². The number of aromatic nitrogens is 7. The molecule has 3 aromatic heterocycles. The Bertz CT molecular complexity index is 705. The van der Waals surface area contributed by atoms with Crippen molar-refractivity contribution >= 4 is 17.5 Å². The van der Waals surface area contributed by atoms with E-state index >= 15 is 0 Å². The smallest absolute Gasteiger partial charge is 0.256 e. The van der Waals surface area contributed by atoms with Crippen LogP contribution in [-0.2, 0) is 13.6 Å². The number of hydrogen-bond acceptors (Lipinski definition) is 6. The highest BCUT2D eigenvalue weighted by Crippen LogP contribution is 2.09. The molecule has 0 fully saturated rings. The molecule has 3 heterocycles. The van der Waals surface area contributed by atoms with Gasteiger partial charge in [0.05, 0.1) is 6.54 Å². The van der Waals surface area contributed by atoms with Gasteiger partial charge in [0.1, 0.15) is 5.82 Å². The Morgan fingerprint density at radius 2 is 2.10 bits per heavy atom. The summed E-state index contributed by atoms with van der Waals surface area (Å²) in [5, 5.41) is 7.22. The van der Waals surface area contributed by atoms with Gasteiger partial charge in [-0.3, -0.25) is 0 Å². The maximum Gasteiger partial charge on any atom is 0.256 e. The quantitative estimate of drug-likeness (QED) is 0.773. The van der Waals surface area contributed by atoms with Crippen LogP contribution in [0.25, 0.3) is 5.95 Å². The van der Waals surface area contributed by atoms with Crippen LogP contribution in [0.3, 0.4) is 0 Å². The molecule has 3 rings (SSSR count). The van der Waals surface area contributed by atoms with Crippen LogP contribution in [0.15, 0.2) is 30.9 Å². The van der Waals surface area contributed by atoms with Crippen LogP contribution in [0, 0.1) is 0 Å². The van der Waals surface area contributed by atoms with Crippen LogP contribution in [0.1, 0.15) is 5.82 Å². The van der Waals surface area contributed by atoms with E-state index in [4.69, 9.17) is 11.6 Å². The third-order valence-corrected chi connectivity index (χ3v) is 2.80. The highest BCUT2D eigenvalue weighted by molar-refractivity contribution is 6.28. The van der Waals surface area contributed by atoms with Crippen LogP contribution in [0.5, 0.6) is 0 Å². The molecule has 0 bridgehead atoms. The molecule has 0 aromatic carbocycles. The second-order valence-corrected chi connectivity index (χ2v) is 4.32. The van der Waals surface area contributed by atoms with Crippen molar-refractivity contribution in [3.05, 3.63) is 42.0 Å². The van der Waals surface area contributed by atoms with Gasteiger partial charge < -0.3 is 9.88 Å². The topological polar surface area (TPSA) is 86.3 Å². The minimum atomic E-state index is 0.104. The van der Waals surface area contributed by atoms with Crippen LogP contribution in [-0.4, -0.2) is 34.3 Å². The predicted octanol–water partition coefficient (Wildman–Crippen LogP) is 1.06. The minimum absolute atomic E-state index is 0.104. The lowest BCUT2D eigenvalue weighted by Crippen LogP contribution is -2.11. The van der Waals surface area contributed by atoms with E-state index in [-0.39, 0.29) is 5.28 Å². The van der Waals surface area contributed by atoms with E-state index in [1.165, 1.54) is 4.68 Å². The second kappa shape index (κ2) is 5.25. The Morgan fingerprint density at radius 3 is 2.80 bits per heavy atom. The molecule has 0 spiro atoms. The van der Waals surface area contributed by atoms with Crippen molar-refractivity contribution in [2.45, 2.75) is 6.54 Å². The van der Waals surface area contributed by atoms with Gasteiger partial charge in [-0.15, -0.1) is 0 Å². The number of nitrogens with one attached hydrogen (secondary N) is 1. The first kappa shape index (κ1) is 12.5. The molecule has 0 aliphatic heterocycles. The molecular weight excluding hydrogens is 280 g/mol. The highest BCUT2D eigenvalue weighted by Gasteiger charge is 2.07. The Hall–Kier alpha value is -2.48. The predicted molar refractivity (Wildman–Crippen MR) is 72.5 cm³/mol. The number of aryl methyl sites for hydroxylation is 1. The van der Waals surface area contributed by atoms with Gasteiger partial charge in [-0.25, -0.2) is 9.67 Å². The van der Waals surface area contributed by atoms with Crippen molar-refractivity contribution < 1.29 is 0 Å². The summed E-state index contributed by atoms with van der Waals surface area (Å²) in [5.41, 5.74) is 0. The minimum Gasteiger partial charge on any atom is -0.347 e. The zero-order valence-electron chi connectivity index (χ0n) is 10.6.